The van der Waals surface area contributed by atoms with Crippen LogP contribution in [0.5, 0.6) is 0 Å². The van der Waals surface area contributed by atoms with E-state index in [0.29, 0.717) is 31.8 Å². The Kier molecular flexibility index (Phi) is 6.29. The highest BCUT2D eigenvalue weighted by atomic mass is 32.2. The number of nitrogens with two attached hydrogens (primary N) is 1. The topological polar surface area (TPSA) is 102 Å². The molecular weight excluding hydrogens is 354 g/mol. The fourth-order valence-electron chi connectivity index (χ4n) is 3.03. The van der Waals surface area contributed by atoms with Gasteiger partial charge >= 0.3 is 0 Å². The first-order chi connectivity index (χ1) is 12.5. The third-order valence-corrected chi connectivity index (χ3v) is 6.24. The number of nitrogens with one attached hydrogen (secondary N) is 1. The lowest BCUT2D eigenvalue weighted by Crippen LogP contribution is -2.41. The lowest BCUT2D eigenvalue weighted by molar-refractivity contribution is 0.00844. The SMILES string of the molecule is NCCCOC1CCN(C(=O)c2cccc(S(=O)(=O)NC3CC3)c2)CC1. The minimum atomic E-state index is -3.56. The number of piperidine rings is 1. The summed E-state index contributed by atoms with van der Waals surface area (Å²) in [7, 11) is -3.56. The molecule has 1 amide bonds. The zero-order chi connectivity index (χ0) is 18.6. The Morgan fingerprint density at radius 2 is 1.96 bits per heavy atom. The summed E-state index contributed by atoms with van der Waals surface area (Å²) >= 11 is 0. The van der Waals surface area contributed by atoms with Crippen molar-refractivity contribution in [2.24, 2.45) is 5.73 Å². The third kappa shape index (κ3) is 5.03. The van der Waals surface area contributed by atoms with Gasteiger partial charge in [-0.05, 0) is 56.8 Å². The van der Waals surface area contributed by atoms with Crippen molar-refractivity contribution in [3.05, 3.63) is 29.8 Å². The highest BCUT2D eigenvalue weighted by Crippen LogP contribution is 2.23. The highest BCUT2D eigenvalue weighted by molar-refractivity contribution is 7.89. The summed E-state index contributed by atoms with van der Waals surface area (Å²) in [5.74, 6) is -0.131. The molecule has 0 bridgehead atoms. The maximum Gasteiger partial charge on any atom is 0.253 e. The minimum Gasteiger partial charge on any atom is -0.378 e. The number of hydrogen-bond acceptors (Lipinski definition) is 5. The van der Waals surface area contributed by atoms with Crippen LogP contribution in [0.25, 0.3) is 0 Å². The number of sulfonamides is 1. The van der Waals surface area contributed by atoms with Crippen LogP contribution in [0.2, 0.25) is 0 Å². The van der Waals surface area contributed by atoms with Crippen LogP contribution < -0.4 is 10.5 Å². The monoisotopic (exact) mass is 381 g/mol. The van der Waals surface area contributed by atoms with Gasteiger partial charge in [-0.1, -0.05) is 6.07 Å². The molecule has 0 spiro atoms. The molecule has 1 aromatic rings. The van der Waals surface area contributed by atoms with Crippen molar-refractivity contribution >= 4 is 15.9 Å². The number of likely N-dealkylation sites (tertiary alicyclic amines) is 1. The molecule has 2 fully saturated rings. The van der Waals surface area contributed by atoms with Crippen molar-refractivity contribution in [3.63, 3.8) is 0 Å². The van der Waals surface area contributed by atoms with Gasteiger partial charge in [-0.15, -0.1) is 0 Å². The number of carbonyl (C=O) groups is 1. The molecule has 0 radical (unpaired) electrons. The van der Waals surface area contributed by atoms with Crippen molar-refractivity contribution in [2.75, 3.05) is 26.2 Å². The first-order valence-electron chi connectivity index (χ1n) is 9.23. The van der Waals surface area contributed by atoms with Gasteiger partial charge in [-0.2, -0.15) is 0 Å². The molecule has 0 aromatic heterocycles. The molecule has 26 heavy (non-hydrogen) atoms. The van der Waals surface area contributed by atoms with Gasteiger partial charge in [0.2, 0.25) is 10.0 Å². The molecule has 1 heterocycles. The van der Waals surface area contributed by atoms with Crippen molar-refractivity contribution < 1.29 is 17.9 Å². The number of carbonyl (C=O) groups excluding carboxylic acids is 1. The maximum atomic E-state index is 12.7. The van der Waals surface area contributed by atoms with E-state index < -0.39 is 10.0 Å². The number of rotatable bonds is 8. The summed E-state index contributed by atoms with van der Waals surface area (Å²) in [6.45, 7) is 2.50. The molecule has 7 nitrogen and oxygen atoms in total. The molecule has 1 saturated carbocycles. The summed E-state index contributed by atoms with van der Waals surface area (Å²) in [5.41, 5.74) is 5.87. The third-order valence-electron chi connectivity index (χ3n) is 4.72. The second kappa shape index (κ2) is 8.47. The fourth-order valence-corrected chi connectivity index (χ4v) is 4.38. The minimum absolute atomic E-state index is 0.0395. The maximum absolute atomic E-state index is 12.7. The van der Waals surface area contributed by atoms with Gasteiger partial charge in [0.15, 0.2) is 0 Å². The molecule has 144 valence electrons. The fraction of sp³-hybridized carbons (Fsp3) is 0.611. The van der Waals surface area contributed by atoms with Gasteiger partial charge in [-0.25, -0.2) is 13.1 Å². The van der Waals surface area contributed by atoms with Crippen LogP contribution in [0.15, 0.2) is 29.2 Å². The molecule has 1 saturated heterocycles. The first-order valence-corrected chi connectivity index (χ1v) is 10.7. The molecule has 1 aliphatic heterocycles. The molecule has 1 aliphatic carbocycles. The van der Waals surface area contributed by atoms with Crippen LogP contribution in [-0.2, 0) is 14.8 Å². The number of nitrogens with zero attached hydrogens (tertiary/aromatic N) is 1. The van der Waals surface area contributed by atoms with Gasteiger partial charge in [0.1, 0.15) is 0 Å². The van der Waals surface area contributed by atoms with E-state index in [4.69, 9.17) is 10.5 Å². The number of benzene rings is 1. The van der Waals surface area contributed by atoms with E-state index in [9.17, 15) is 13.2 Å². The second-order valence-electron chi connectivity index (χ2n) is 6.93. The molecule has 3 rings (SSSR count). The number of hydrogen-bond donors (Lipinski definition) is 2. The molecular formula is C18H27N3O4S. The summed E-state index contributed by atoms with van der Waals surface area (Å²) in [6.07, 6.45) is 4.34. The second-order valence-corrected chi connectivity index (χ2v) is 8.64. The van der Waals surface area contributed by atoms with Crippen LogP contribution in [-0.4, -0.2) is 57.6 Å². The Hall–Kier alpha value is -1.48. The van der Waals surface area contributed by atoms with Gasteiger partial charge in [0.25, 0.3) is 5.91 Å². The van der Waals surface area contributed by atoms with Crippen LogP contribution >= 0.6 is 0 Å². The van der Waals surface area contributed by atoms with Crippen LogP contribution in [0.3, 0.4) is 0 Å². The largest absolute Gasteiger partial charge is 0.378 e. The average Bonchev–Trinajstić information content (AvgIpc) is 3.45. The summed E-state index contributed by atoms with van der Waals surface area (Å²) in [6, 6.07) is 6.33. The molecule has 2 aliphatic rings. The Labute approximate surface area is 154 Å². The zero-order valence-corrected chi connectivity index (χ0v) is 15.7. The van der Waals surface area contributed by atoms with Gasteiger partial charge in [0, 0.05) is 31.3 Å². The summed E-state index contributed by atoms with van der Waals surface area (Å²) in [4.78, 5) is 14.6. The molecule has 8 heteroatoms. The van der Waals surface area contributed by atoms with E-state index in [1.54, 1.807) is 17.0 Å². The molecule has 1 aromatic carbocycles. The van der Waals surface area contributed by atoms with E-state index in [1.165, 1.54) is 12.1 Å². The number of ether oxygens (including phenoxy) is 1. The number of amides is 1. The quantitative estimate of drug-likeness (QED) is 0.657. The van der Waals surface area contributed by atoms with Crippen molar-refractivity contribution in [2.45, 2.75) is 49.1 Å². The van der Waals surface area contributed by atoms with E-state index in [-0.39, 0.29) is 22.9 Å². The van der Waals surface area contributed by atoms with Crippen molar-refractivity contribution in [1.29, 1.82) is 0 Å². The van der Waals surface area contributed by atoms with E-state index in [2.05, 4.69) is 4.72 Å². The van der Waals surface area contributed by atoms with Crippen LogP contribution in [0.4, 0.5) is 0 Å². The van der Waals surface area contributed by atoms with Crippen LogP contribution in [0.1, 0.15) is 42.5 Å². The first kappa shape index (κ1) is 19.3. The lowest BCUT2D eigenvalue weighted by Gasteiger charge is -2.32. The predicted molar refractivity (Wildman–Crippen MR) is 98.3 cm³/mol. The Balaban J connectivity index is 1.59. The van der Waals surface area contributed by atoms with Crippen LogP contribution in [0, 0.1) is 0 Å². The van der Waals surface area contributed by atoms with E-state index in [1.807, 2.05) is 0 Å². The Morgan fingerprint density at radius 3 is 2.62 bits per heavy atom. The van der Waals surface area contributed by atoms with Gasteiger partial charge < -0.3 is 15.4 Å². The smallest absolute Gasteiger partial charge is 0.253 e. The molecule has 0 unspecified atom stereocenters. The van der Waals surface area contributed by atoms with E-state index >= 15 is 0 Å². The normalized spacial score (nSPS) is 18.9. The molecule has 0 atom stereocenters. The molecule has 3 N–H and O–H groups in total. The summed E-state index contributed by atoms with van der Waals surface area (Å²) < 4.78 is 33.1. The average molecular weight is 381 g/mol. The summed E-state index contributed by atoms with van der Waals surface area (Å²) in [5, 5.41) is 0. The van der Waals surface area contributed by atoms with Crippen molar-refractivity contribution in [3.8, 4) is 0 Å². The Bertz CT molecular complexity index is 726. The van der Waals surface area contributed by atoms with E-state index in [0.717, 1.165) is 32.1 Å². The lowest BCUT2D eigenvalue weighted by atomic mass is 10.1. The highest BCUT2D eigenvalue weighted by Gasteiger charge is 2.29. The predicted octanol–water partition coefficient (Wildman–Crippen LogP) is 1.10. The Morgan fingerprint density at radius 1 is 1.23 bits per heavy atom. The zero-order valence-electron chi connectivity index (χ0n) is 14.9. The van der Waals surface area contributed by atoms with Crippen molar-refractivity contribution in [1.82, 2.24) is 9.62 Å². The van der Waals surface area contributed by atoms with Gasteiger partial charge in [-0.3, -0.25) is 4.79 Å². The standard InChI is InChI=1S/C18H27N3O4S/c19-9-2-12-25-16-7-10-21(11-8-16)18(22)14-3-1-4-17(13-14)26(23,24)20-15-5-6-15/h1,3-4,13,15-16,20H,2,5-12,19H2. The van der Waals surface area contributed by atoms with Gasteiger partial charge in [0.05, 0.1) is 11.0 Å².